The third-order valence-corrected chi connectivity index (χ3v) is 5.15. The Morgan fingerprint density at radius 2 is 1.48 bits per heavy atom. The number of benzene rings is 3. The van der Waals surface area contributed by atoms with Crippen LogP contribution in [0.15, 0.2) is 78.9 Å². The van der Waals surface area contributed by atoms with Crippen molar-refractivity contribution in [1.29, 1.82) is 0 Å². The highest BCUT2D eigenvalue weighted by Crippen LogP contribution is 2.29. The van der Waals surface area contributed by atoms with Crippen LogP contribution < -0.4 is 5.32 Å². The van der Waals surface area contributed by atoms with E-state index in [2.05, 4.69) is 15.5 Å². The van der Waals surface area contributed by atoms with E-state index in [0.29, 0.717) is 10.7 Å². The number of aromatic nitrogens is 2. The second-order valence-electron chi connectivity index (χ2n) is 6.12. The minimum atomic E-state index is -0.193. The summed E-state index contributed by atoms with van der Waals surface area (Å²) in [7, 11) is 0. The molecule has 0 bridgehead atoms. The Kier molecular flexibility index (Phi) is 4.77. The van der Waals surface area contributed by atoms with Crippen LogP contribution in [-0.4, -0.2) is 16.1 Å². The summed E-state index contributed by atoms with van der Waals surface area (Å²) in [5.41, 5.74) is 4.94. The Balaban J connectivity index is 1.49. The van der Waals surface area contributed by atoms with Crippen molar-refractivity contribution in [3.63, 3.8) is 0 Å². The summed E-state index contributed by atoms with van der Waals surface area (Å²) in [5, 5.41) is 12.4. The Labute approximate surface area is 161 Å². The fourth-order valence-corrected chi connectivity index (χ4v) is 3.64. The molecule has 0 unspecified atom stereocenters. The summed E-state index contributed by atoms with van der Waals surface area (Å²) >= 11 is 1.37. The Morgan fingerprint density at radius 3 is 2.22 bits per heavy atom. The quantitative estimate of drug-likeness (QED) is 0.520. The van der Waals surface area contributed by atoms with Gasteiger partial charge in [0.2, 0.25) is 5.13 Å². The molecule has 4 aromatic rings. The molecular weight excluding hydrogens is 354 g/mol. The Morgan fingerprint density at radius 1 is 0.815 bits per heavy atom. The molecule has 3 aromatic carbocycles. The molecule has 0 saturated carbocycles. The molecule has 27 heavy (non-hydrogen) atoms. The van der Waals surface area contributed by atoms with Gasteiger partial charge < -0.3 is 0 Å². The molecule has 0 spiro atoms. The standard InChI is InChI=1S/C22H17N3OS/c1-15-7-5-6-10-19(15)21-24-25-22(27-21)23-20(26)18-13-11-17(12-14-18)16-8-3-2-4-9-16/h2-14H,1H3,(H,23,25,26). The number of hydrogen-bond acceptors (Lipinski definition) is 4. The van der Waals surface area contributed by atoms with Crippen LogP contribution in [0.4, 0.5) is 5.13 Å². The molecular formula is C22H17N3OS. The summed E-state index contributed by atoms with van der Waals surface area (Å²) in [6.07, 6.45) is 0. The predicted octanol–water partition coefficient (Wildman–Crippen LogP) is 5.43. The first kappa shape index (κ1) is 17.1. The van der Waals surface area contributed by atoms with E-state index >= 15 is 0 Å². The zero-order chi connectivity index (χ0) is 18.6. The number of carbonyl (C=O) groups is 1. The predicted molar refractivity (Wildman–Crippen MR) is 110 cm³/mol. The summed E-state index contributed by atoms with van der Waals surface area (Å²) in [6.45, 7) is 2.03. The molecule has 1 N–H and O–H groups in total. The fraction of sp³-hybridized carbons (Fsp3) is 0.0455. The number of aryl methyl sites for hydroxylation is 1. The average Bonchev–Trinajstić information content (AvgIpc) is 3.17. The number of hydrogen-bond donors (Lipinski definition) is 1. The van der Waals surface area contributed by atoms with E-state index < -0.39 is 0 Å². The van der Waals surface area contributed by atoms with Crippen LogP contribution in [0.2, 0.25) is 0 Å². The molecule has 4 rings (SSSR count). The molecule has 0 aliphatic carbocycles. The highest BCUT2D eigenvalue weighted by atomic mass is 32.1. The minimum absolute atomic E-state index is 0.193. The third kappa shape index (κ3) is 3.78. The largest absolute Gasteiger partial charge is 0.296 e. The highest BCUT2D eigenvalue weighted by molar-refractivity contribution is 7.18. The lowest BCUT2D eigenvalue weighted by molar-refractivity contribution is 0.102. The van der Waals surface area contributed by atoms with E-state index in [4.69, 9.17) is 0 Å². The smallest absolute Gasteiger partial charge is 0.257 e. The maximum atomic E-state index is 12.5. The Hall–Kier alpha value is -3.31. The first-order valence-electron chi connectivity index (χ1n) is 8.57. The second-order valence-corrected chi connectivity index (χ2v) is 7.10. The van der Waals surface area contributed by atoms with Crippen molar-refractivity contribution in [2.75, 3.05) is 5.32 Å². The molecule has 0 aliphatic rings. The van der Waals surface area contributed by atoms with Gasteiger partial charge in [0, 0.05) is 11.1 Å². The zero-order valence-electron chi connectivity index (χ0n) is 14.7. The van der Waals surface area contributed by atoms with Gasteiger partial charge in [-0.15, -0.1) is 10.2 Å². The molecule has 1 amide bonds. The lowest BCUT2D eigenvalue weighted by atomic mass is 10.0. The number of rotatable bonds is 4. The minimum Gasteiger partial charge on any atom is -0.296 e. The van der Waals surface area contributed by atoms with Crippen molar-refractivity contribution in [2.24, 2.45) is 0 Å². The lowest BCUT2D eigenvalue weighted by Gasteiger charge is -2.04. The average molecular weight is 371 g/mol. The third-order valence-electron chi connectivity index (χ3n) is 4.28. The van der Waals surface area contributed by atoms with Crippen molar-refractivity contribution < 1.29 is 4.79 Å². The van der Waals surface area contributed by atoms with Crippen LogP contribution in [0.1, 0.15) is 15.9 Å². The molecule has 5 heteroatoms. The van der Waals surface area contributed by atoms with Gasteiger partial charge in [-0.05, 0) is 35.7 Å². The van der Waals surface area contributed by atoms with Gasteiger partial charge in [-0.1, -0.05) is 78.1 Å². The van der Waals surface area contributed by atoms with E-state index in [9.17, 15) is 4.79 Å². The van der Waals surface area contributed by atoms with Crippen LogP contribution in [0.3, 0.4) is 0 Å². The first-order chi connectivity index (χ1) is 13.2. The summed E-state index contributed by atoms with van der Waals surface area (Å²) in [6, 6.07) is 25.6. The van der Waals surface area contributed by atoms with Gasteiger partial charge in [-0.2, -0.15) is 0 Å². The normalized spacial score (nSPS) is 10.6. The SMILES string of the molecule is Cc1ccccc1-c1nnc(NC(=O)c2ccc(-c3ccccc3)cc2)s1. The van der Waals surface area contributed by atoms with Crippen molar-refractivity contribution in [1.82, 2.24) is 10.2 Å². The fourth-order valence-electron chi connectivity index (χ4n) is 2.81. The van der Waals surface area contributed by atoms with Gasteiger partial charge in [0.15, 0.2) is 0 Å². The van der Waals surface area contributed by atoms with Gasteiger partial charge in [0.05, 0.1) is 0 Å². The number of carbonyl (C=O) groups excluding carboxylic acids is 1. The summed E-state index contributed by atoms with van der Waals surface area (Å²) in [4.78, 5) is 12.5. The van der Waals surface area contributed by atoms with Crippen LogP contribution in [0, 0.1) is 6.92 Å². The van der Waals surface area contributed by atoms with E-state index in [1.54, 1.807) is 0 Å². The van der Waals surface area contributed by atoms with Gasteiger partial charge in [0.1, 0.15) is 5.01 Å². The topological polar surface area (TPSA) is 54.9 Å². The molecule has 0 fully saturated rings. The number of anilines is 1. The van der Waals surface area contributed by atoms with Crippen molar-refractivity contribution in [2.45, 2.75) is 6.92 Å². The maximum absolute atomic E-state index is 12.5. The second kappa shape index (κ2) is 7.51. The van der Waals surface area contributed by atoms with Crippen molar-refractivity contribution >= 4 is 22.4 Å². The van der Waals surface area contributed by atoms with E-state index in [1.165, 1.54) is 11.3 Å². The van der Waals surface area contributed by atoms with Crippen LogP contribution in [0.25, 0.3) is 21.7 Å². The zero-order valence-corrected chi connectivity index (χ0v) is 15.5. The first-order valence-corrected chi connectivity index (χ1v) is 9.39. The van der Waals surface area contributed by atoms with E-state index in [-0.39, 0.29) is 5.91 Å². The maximum Gasteiger partial charge on any atom is 0.257 e. The van der Waals surface area contributed by atoms with Gasteiger partial charge in [-0.25, -0.2) is 0 Å². The van der Waals surface area contributed by atoms with E-state index in [0.717, 1.165) is 27.3 Å². The molecule has 132 valence electrons. The number of amides is 1. The molecule has 4 nitrogen and oxygen atoms in total. The number of nitrogens with zero attached hydrogens (tertiary/aromatic N) is 2. The van der Waals surface area contributed by atoms with Gasteiger partial charge in [0.25, 0.3) is 5.91 Å². The highest BCUT2D eigenvalue weighted by Gasteiger charge is 2.12. The molecule has 0 saturated heterocycles. The van der Waals surface area contributed by atoms with Gasteiger partial charge >= 0.3 is 0 Å². The monoisotopic (exact) mass is 371 g/mol. The van der Waals surface area contributed by atoms with E-state index in [1.807, 2.05) is 85.8 Å². The molecule has 0 aliphatic heterocycles. The summed E-state index contributed by atoms with van der Waals surface area (Å²) < 4.78 is 0. The van der Waals surface area contributed by atoms with Crippen molar-refractivity contribution in [3.8, 4) is 21.7 Å². The molecule has 1 heterocycles. The van der Waals surface area contributed by atoms with Gasteiger partial charge in [-0.3, -0.25) is 10.1 Å². The van der Waals surface area contributed by atoms with Crippen LogP contribution in [-0.2, 0) is 0 Å². The summed E-state index contributed by atoms with van der Waals surface area (Å²) in [5.74, 6) is -0.193. The molecule has 1 aromatic heterocycles. The lowest BCUT2D eigenvalue weighted by Crippen LogP contribution is -2.11. The van der Waals surface area contributed by atoms with Crippen LogP contribution >= 0.6 is 11.3 Å². The Bertz CT molecular complexity index is 1070. The number of nitrogens with one attached hydrogen (secondary N) is 1. The van der Waals surface area contributed by atoms with Crippen LogP contribution in [0.5, 0.6) is 0 Å². The molecule has 0 radical (unpaired) electrons. The molecule has 0 atom stereocenters. The van der Waals surface area contributed by atoms with Crippen molar-refractivity contribution in [3.05, 3.63) is 90.0 Å².